The van der Waals surface area contributed by atoms with E-state index in [0.717, 1.165) is 105 Å². The van der Waals surface area contributed by atoms with Crippen LogP contribution in [0.1, 0.15) is 127 Å². The Labute approximate surface area is 721 Å². The molecule has 23 rings (SSSR count). The van der Waals surface area contributed by atoms with Gasteiger partial charge in [0, 0.05) is 121 Å². The minimum Gasteiger partial charge on any atom is -0.456 e. The van der Waals surface area contributed by atoms with Gasteiger partial charge in [-0.05, 0) is 181 Å². The van der Waals surface area contributed by atoms with Crippen molar-refractivity contribution >= 4 is 167 Å². The van der Waals surface area contributed by atoms with Crippen LogP contribution in [-0.4, -0.2) is 15.8 Å². The van der Waals surface area contributed by atoms with E-state index in [9.17, 15) is 21.9 Å². The van der Waals surface area contributed by atoms with Crippen LogP contribution in [0.4, 0.5) is 34.1 Å². The molecule has 7 heterocycles. The molecule has 0 N–H and O–H groups in total. The number of furan rings is 3. The second-order valence-electron chi connectivity index (χ2n) is 36.3. The molecule has 2 aliphatic rings. The Bertz CT molecular complexity index is 8690. The second-order valence-corrected chi connectivity index (χ2v) is 36.3. The van der Waals surface area contributed by atoms with Crippen molar-refractivity contribution in [2.45, 2.75) is 105 Å². The monoisotopic (exact) mass is 1560 g/mol. The van der Waals surface area contributed by atoms with E-state index in [1.54, 1.807) is 9.13 Å². The summed E-state index contributed by atoms with van der Waals surface area (Å²) < 4.78 is 180. The molecule has 7 nitrogen and oxygen atoms in total. The zero-order chi connectivity index (χ0) is 95.2. The van der Waals surface area contributed by atoms with Crippen molar-refractivity contribution in [1.82, 2.24) is 9.13 Å². The smallest absolute Gasteiger partial charge is 0.252 e. The summed E-state index contributed by atoms with van der Waals surface area (Å²) in [5, 5.41) is 4.85. The van der Waals surface area contributed by atoms with Crippen LogP contribution in [0.15, 0.2) is 334 Å². The molecule has 0 spiro atoms. The van der Waals surface area contributed by atoms with E-state index < -0.39 is 120 Å². The first kappa shape index (κ1) is 56.5. The van der Waals surface area contributed by atoms with Crippen molar-refractivity contribution in [2.75, 3.05) is 9.80 Å². The van der Waals surface area contributed by atoms with Gasteiger partial charge in [-0.25, -0.2) is 0 Å². The maximum absolute atomic E-state index is 10.1. The first-order chi connectivity index (χ1) is 64.7. The number of benzene rings is 16. The fourth-order valence-corrected chi connectivity index (χ4v) is 19.0. The lowest BCUT2D eigenvalue weighted by Gasteiger charge is -2.47. The molecule has 8 heteroatoms. The third kappa shape index (κ3) is 10.8. The summed E-state index contributed by atoms with van der Waals surface area (Å²) in [6.45, 7) is 25.5. The number of anilines is 6. The lowest BCUT2D eigenvalue weighted by atomic mass is 9.33. The van der Waals surface area contributed by atoms with Crippen LogP contribution in [0.2, 0.25) is 0 Å². The van der Waals surface area contributed by atoms with E-state index in [2.05, 4.69) is 214 Å². The van der Waals surface area contributed by atoms with Crippen molar-refractivity contribution in [2.24, 2.45) is 0 Å². The van der Waals surface area contributed by atoms with Gasteiger partial charge in [-0.1, -0.05) is 295 Å². The summed E-state index contributed by atoms with van der Waals surface area (Å²) >= 11 is 0. The summed E-state index contributed by atoms with van der Waals surface area (Å²) in [5.74, 6) is 0. The quantitative estimate of drug-likeness (QED) is 0.142. The number of fused-ring (bicyclic) bond motifs is 19. The van der Waals surface area contributed by atoms with Gasteiger partial charge in [0.2, 0.25) is 0 Å². The van der Waals surface area contributed by atoms with Crippen molar-refractivity contribution in [3.63, 3.8) is 0 Å². The zero-order valence-corrected chi connectivity index (χ0v) is 68.5. The average Bonchev–Trinajstić information content (AvgIpc) is 0.775. The zero-order valence-electron chi connectivity index (χ0n) is 84.5. The largest absolute Gasteiger partial charge is 0.456 e. The fourth-order valence-electron chi connectivity index (χ4n) is 19.0. The second kappa shape index (κ2) is 25.8. The molecule has 0 radical (unpaired) electrons. The van der Waals surface area contributed by atoms with Crippen LogP contribution in [0.25, 0.3) is 165 Å². The van der Waals surface area contributed by atoms with Gasteiger partial charge < -0.3 is 32.2 Å². The molecule has 0 fully saturated rings. The van der Waals surface area contributed by atoms with Crippen LogP contribution < -0.4 is 26.2 Å². The van der Waals surface area contributed by atoms with Gasteiger partial charge in [0.15, 0.2) is 0 Å². The lowest BCUT2D eigenvalue weighted by Crippen LogP contribution is -2.61. The molecule has 578 valence electrons. The third-order valence-electron chi connectivity index (χ3n) is 25.0. The van der Waals surface area contributed by atoms with E-state index in [1.165, 1.54) is 0 Å². The third-order valence-corrected chi connectivity index (χ3v) is 25.0. The fraction of sp³-hybridized carbons (Fsp3) is 0.143. The maximum atomic E-state index is 10.1. The van der Waals surface area contributed by atoms with Crippen molar-refractivity contribution in [1.29, 1.82) is 0 Å². The van der Waals surface area contributed by atoms with Crippen molar-refractivity contribution in [3.8, 4) is 55.9 Å². The first-order valence-electron chi connectivity index (χ1n) is 49.0. The van der Waals surface area contributed by atoms with Gasteiger partial charge >= 0.3 is 0 Å². The van der Waals surface area contributed by atoms with E-state index >= 15 is 0 Å². The van der Waals surface area contributed by atoms with E-state index in [4.69, 9.17) is 13.3 Å². The molecule has 0 atom stereocenters. The molecule has 0 bridgehead atoms. The average molecular weight is 1570 g/mol. The number of hydrogen-bond donors (Lipinski definition) is 0. The summed E-state index contributed by atoms with van der Waals surface area (Å²) in [5.41, 5.74) is 17.9. The van der Waals surface area contributed by atoms with Crippen LogP contribution in [0.5, 0.6) is 0 Å². The molecule has 16 aromatic carbocycles. The van der Waals surface area contributed by atoms with E-state index in [-0.39, 0.29) is 60.4 Å². The molecule has 0 saturated carbocycles. The normalized spacial score (nSPS) is 15.2. The van der Waals surface area contributed by atoms with E-state index in [0.29, 0.717) is 78.5 Å². The highest BCUT2D eigenvalue weighted by atomic mass is 16.3. The highest BCUT2D eigenvalue weighted by Crippen LogP contribution is 2.58. The summed E-state index contributed by atoms with van der Waals surface area (Å²) in [6, 6.07) is 68.5. The maximum Gasteiger partial charge on any atom is 0.252 e. The Morgan fingerprint density at radius 1 is 0.275 bits per heavy atom. The van der Waals surface area contributed by atoms with Gasteiger partial charge in [0.05, 0.1) is 55.4 Å². The van der Waals surface area contributed by atoms with Gasteiger partial charge in [0.25, 0.3) is 6.71 Å². The minimum atomic E-state index is -0.885. The molecular weight excluding hydrogens is 1460 g/mol. The van der Waals surface area contributed by atoms with E-state index in [1.807, 2.05) is 103 Å². The number of hydrogen-bond acceptors (Lipinski definition) is 5. The molecule has 120 heavy (non-hydrogen) atoms. The van der Waals surface area contributed by atoms with Crippen LogP contribution in [0, 0.1) is 0 Å². The van der Waals surface area contributed by atoms with Gasteiger partial charge in [-0.3, -0.25) is 0 Å². The topological polar surface area (TPSA) is 55.8 Å². The molecule has 21 aromatic rings. The number of aromatic nitrogens is 2. The molecule has 0 unspecified atom stereocenters. The minimum absolute atomic E-state index is 0.0758. The molecule has 2 aliphatic heterocycles. The van der Waals surface area contributed by atoms with Gasteiger partial charge in [-0.15, -0.1) is 0 Å². The number of para-hydroxylation sites is 9. The van der Waals surface area contributed by atoms with Crippen LogP contribution >= 0.6 is 0 Å². The van der Waals surface area contributed by atoms with Crippen LogP contribution in [-0.2, 0) is 21.7 Å². The Kier molecular flexibility index (Phi) is 12.2. The van der Waals surface area contributed by atoms with Crippen molar-refractivity contribution < 1.29 is 35.2 Å². The predicted molar refractivity (Wildman–Crippen MR) is 508 cm³/mol. The highest BCUT2D eigenvalue weighted by Gasteiger charge is 2.47. The van der Waals surface area contributed by atoms with Gasteiger partial charge in [0.1, 0.15) is 33.5 Å². The summed E-state index contributed by atoms with van der Waals surface area (Å²) in [6.07, 6.45) is 0. The molecule has 0 saturated heterocycles. The van der Waals surface area contributed by atoms with Crippen LogP contribution in [0.3, 0.4) is 0 Å². The lowest BCUT2D eigenvalue weighted by molar-refractivity contribution is 0.589. The molecule has 5 aromatic heterocycles. The Hall–Kier alpha value is -13.8. The Morgan fingerprint density at radius 3 is 1.11 bits per heavy atom. The SMILES string of the molecule is [2H]c1c([2H])c([2H])c2c(c1[2H])c1c([2H])c([2H])c([2H])c([2H])c1n2-c1ccc2c(c1)N(c1c(-c3cccc4c3oc3ccccc34)cc(C(C)(C)C)cc1-c1cccc3c1oc1ccccc13)c1cc(C(C)(C)C)cc3c1B2c1ccc(-n2c4c([2H])c([2H])c([2H])c([2H])c4c4c([2H])c([2H])c([2H])c([2H])c42)cc1N3c1c(-c2cccc(C(C)(C)C)c2)cc(C(C)(C)C)cc1-c1cccc2oc3ccccc3c12. The Morgan fingerprint density at radius 2 is 0.642 bits per heavy atom. The molecule has 0 aliphatic carbocycles. The number of nitrogens with zero attached hydrogens (tertiary/aromatic N) is 4. The summed E-state index contributed by atoms with van der Waals surface area (Å²) in [7, 11) is 0. The predicted octanol–water partition coefficient (Wildman–Crippen LogP) is 29.5. The molecular formula is C112H89BN4O3. The van der Waals surface area contributed by atoms with Gasteiger partial charge in [-0.2, -0.15) is 0 Å². The standard InChI is InChI=1S/C112H89BN4O3/c1-109(2,3)67-32-27-31-66(57-67)85-58-68(110(4,5)6)59-86(79-40-30-52-102-103(79)84-39-19-26-51-101(84)118-102)105(85)116-95-64-71(114-91-45-20-13-33-73(91)74-34-14-21-46-92(74)114)53-55-89(95)113-90-56-54-72(115-93-47-22-15-35-75(93)76-36-16-23-48-94(76)115)65-96(90)117(98-63-70(112(10,11)12)62-97(116)104(98)113)106-87(82-43-28-41-80-77-37-17-24-49-99(77)119-107(80)82)60-69(111(7,8)9)61-88(106)83-44-29-42-81-78-38-18-25-50-100(78)120-108(81)83/h13-65H,1-12H3/i13D,14D,15D,16D,20D,21D,22D,23D,33D,34D,35D,36D,45D,46D,47D,48D. The highest BCUT2D eigenvalue weighted by molar-refractivity contribution is 7.00. The summed E-state index contributed by atoms with van der Waals surface area (Å²) in [4.78, 5) is 4.71. The molecule has 0 amide bonds. The number of rotatable bonds is 8. The Balaban J connectivity index is 0.965. The van der Waals surface area contributed by atoms with Crippen molar-refractivity contribution in [3.05, 3.63) is 343 Å². The first-order valence-corrected chi connectivity index (χ1v) is 41.0.